The molecule has 19 heavy (non-hydrogen) atoms. The molecular weight excluding hydrogens is 260 g/mol. The lowest BCUT2D eigenvalue weighted by Crippen LogP contribution is -1.91. The van der Waals surface area contributed by atoms with Gasteiger partial charge in [0, 0.05) is 0 Å². The summed E-state index contributed by atoms with van der Waals surface area (Å²) in [5.41, 5.74) is 0.891. The van der Waals surface area contributed by atoms with Crippen molar-refractivity contribution in [3.05, 3.63) is 52.2 Å². The van der Waals surface area contributed by atoms with Crippen molar-refractivity contribution in [3.8, 4) is 11.5 Å². The SMILES string of the molecule is COc1ccc(/C=C/C(=O)c2cccs2)cc1OC. The van der Waals surface area contributed by atoms with Gasteiger partial charge in [0.15, 0.2) is 17.3 Å². The van der Waals surface area contributed by atoms with Gasteiger partial charge in [-0.1, -0.05) is 18.2 Å². The fraction of sp³-hybridized carbons (Fsp3) is 0.133. The van der Waals surface area contributed by atoms with E-state index in [-0.39, 0.29) is 5.78 Å². The molecule has 98 valence electrons. The molecule has 0 spiro atoms. The number of ether oxygens (including phenoxy) is 2. The van der Waals surface area contributed by atoms with E-state index in [1.165, 1.54) is 11.3 Å². The molecule has 0 N–H and O–H groups in total. The molecule has 2 aromatic rings. The highest BCUT2D eigenvalue weighted by atomic mass is 32.1. The Balaban J connectivity index is 2.17. The Kier molecular flexibility index (Phi) is 4.36. The summed E-state index contributed by atoms with van der Waals surface area (Å²) < 4.78 is 10.4. The van der Waals surface area contributed by atoms with Gasteiger partial charge in [-0.05, 0) is 35.2 Å². The second-order valence-electron chi connectivity index (χ2n) is 3.79. The van der Waals surface area contributed by atoms with E-state index in [0.29, 0.717) is 11.5 Å². The fourth-order valence-electron chi connectivity index (χ4n) is 1.63. The molecule has 0 unspecified atom stereocenters. The summed E-state index contributed by atoms with van der Waals surface area (Å²) in [4.78, 5) is 12.6. The van der Waals surface area contributed by atoms with Gasteiger partial charge < -0.3 is 9.47 Å². The van der Waals surface area contributed by atoms with Crippen LogP contribution < -0.4 is 9.47 Å². The molecule has 0 saturated carbocycles. The second kappa shape index (κ2) is 6.20. The number of benzene rings is 1. The molecule has 0 amide bonds. The predicted molar refractivity (Wildman–Crippen MR) is 77.2 cm³/mol. The first-order valence-electron chi connectivity index (χ1n) is 5.72. The van der Waals surface area contributed by atoms with Gasteiger partial charge in [-0.25, -0.2) is 0 Å². The molecule has 0 aliphatic carbocycles. The number of thiophene rings is 1. The van der Waals surface area contributed by atoms with Crippen LogP contribution in [0.1, 0.15) is 15.2 Å². The molecule has 0 bridgehead atoms. The lowest BCUT2D eigenvalue weighted by molar-refractivity contribution is 0.105. The summed E-state index contributed by atoms with van der Waals surface area (Å²) in [5.74, 6) is 1.32. The lowest BCUT2D eigenvalue weighted by atomic mass is 10.1. The number of allylic oxidation sites excluding steroid dienone is 1. The molecule has 3 nitrogen and oxygen atoms in total. The average molecular weight is 274 g/mol. The Morgan fingerprint density at radius 1 is 1.16 bits per heavy atom. The van der Waals surface area contributed by atoms with Crippen LogP contribution in [0.5, 0.6) is 11.5 Å². The van der Waals surface area contributed by atoms with E-state index in [0.717, 1.165) is 10.4 Å². The highest BCUT2D eigenvalue weighted by Gasteiger charge is 2.04. The van der Waals surface area contributed by atoms with Gasteiger partial charge in [-0.3, -0.25) is 4.79 Å². The first kappa shape index (κ1) is 13.4. The highest BCUT2D eigenvalue weighted by Crippen LogP contribution is 2.28. The fourth-order valence-corrected chi connectivity index (χ4v) is 2.27. The summed E-state index contributed by atoms with van der Waals surface area (Å²) in [6.07, 6.45) is 3.33. The molecule has 0 fully saturated rings. The van der Waals surface area contributed by atoms with E-state index in [1.807, 2.05) is 35.7 Å². The quantitative estimate of drug-likeness (QED) is 0.616. The van der Waals surface area contributed by atoms with Crippen molar-refractivity contribution in [2.45, 2.75) is 0 Å². The summed E-state index contributed by atoms with van der Waals surface area (Å²) in [6, 6.07) is 9.19. The van der Waals surface area contributed by atoms with Crippen LogP contribution in [0.3, 0.4) is 0 Å². The Hall–Kier alpha value is -2.07. The standard InChI is InChI=1S/C15H14O3S/c1-17-13-8-6-11(10-14(13)18-2)5-7-12(16)15-4-3-9-19-15/h3-10H,1-2H3/b7-5+. The van der Waals surface area contributed by atoms with Crippen LogP contribution in [-0.4, -0.2) is 20.0 Å². The van der Waals surface area contributed by atoms with E-state index in [4.69, 9.17) is 9.47 Å². The van der Waals surface area contributed by atoms with Crippen LogP contribution in [0.2, 0.25) is 0 Å². The van der Waals surface area contributed by atoms with E-state index in [2.05, 4.69) is 0 Å². The van der Waals surface area contributed by atoms with Crippen LogP contribution >= 0.6 is 11.3 Å². The summed E-state index contributed by atoms with van der Waals surface area (Å²) >= 11 is 1.43. The maximum atomic E-state index is 11.8. The van der Waals surface area contributed by atoms with Crippen molar-refractivity contribution in [1.82, 2.24) is 0 Å². The topological polar surface area (TPSA) is 35.5 Å². The Morgan fingerprint density at radius 3 is 2.58 bits per heavy atom. The van der Waals surface area contributed by atoms with Crippen LogP contribution in [0.4, 0.5) is 0 Å². The number of ketones is 1. The van der Waals surface area contributed by atoms with Crippen LogP contribution in [0, 0.1) is 0 Å². The molecule has 0 radical (unpaired) electrons. The predicted octanol–water partition coefficient (Wildman–Crippen LogP) is 3.66. The third-order valence-corrected chi connectivity index (χ3v) is 3.48. The van der Waals surface area contributed by atoms with Crippen molar-refractivity contribution >= 4 is 23.2 Å². The Bertz CT molecular complexity index is 585. The third-order valence-electron chi connectivity index (χ3n) is 2.60. The van der Waals surface area contributed by atoms with Crippen molar-refractivity contribution in [2.24, 2.45) is 0 Å². The Morgan fingerprint density at radius 2 is 1.95 bits per heavy atom. The molecule has 4 heteroatoms. The normalized spacial score (nSPS) is 10.6. The van der Waals surface area contributed by atoms with Gasteiger partial charge in [-0.2, -0.15) is 0 Å². The lowest BCUT2D eigenvalue weighted by Gasteiger charge is -2.07. The summed E-state index contributed by atoms with van der Waals surface area (Å²) in [7, 11) is 3.18. The van der Waals surface area contributed by atoms with Gasteiger partial charge >= 0.3 is 0 Å². The molecule has 0 aliphatic rings. The highest BCUT2D eigenvalue weighted by molar-refractivity contribution is 7.12. The largest absolute Gasteiger partial charge is 0.493 e. The van der Waals surface area contributed by atoms with Crippen molar-refractivity contribution in [3.63, 3.8) is 0 Å². The third kappa shape index (κ3) is 3.23. The molecule has 1 aromatic heterocycles. The second-order valence-corrected chi connectivity index (χ2v) is 4.74. The molecule has 1 aromatic carbocycles. The molecule has 2 rings (SSSR count). The molecule has 0 aliphatic heterocycles. The van der Waals surface area contributed by atoms with E-state index >= 15 is 0 Å². The van der Waals surface area contributed by atoms with Crippen LogP contribution in [-0.2, 0) is 0 Å². The zero-order valence-corrected chi connectivity index (χ0v) is 11.6. The number of rotatable bonds is 5. The van der Waals surface area contributed by atoms with Crippen molar-refractivity contribution in [2.75, 3.05) is 14.2 Å². The molecular formula is C15H14O3S. The van der Waals surface area contributed by atoms with Gasteiger partial charge in [0.2, 0.25) is 0 Å². The number of carbonyl (C=O) groups excluding carboxylic acids is 1. The zero-order chi connectivity index (χ0) is 13.7. The van der Waals surface area contributed by atoms with Gasteiger partial charge in [0.05, 0.1) is 19.1 Å². The smallest absolute Gasteiger partial charge is 0.195 e. The summed E-state index contributed by atoms with van der Waals surface area (Å²) in [5, 5.41) is 1.89. The van der Waals surface area contributed by atoms with Crippen LogP contribution in [0.25, 0.3) is 6.08 Å². The van der Waals surface area contributed by atoms with E-state index in [1.54, 1.807) is 26.4 Å². The number of hydrogen-bond acceptors (Lipinski definition) is 4. The van der Waals surface area contributed by atoms with Crippen molar-refractivity contribution in [1.29, 1.82) is 0 Å². The van der Waals surface area contributed by atoms with Crippen molar-refractivity contribution < 1.29 is 14.3 Å². The maximum Gasteiger partial charge on any atom is 0.195 e. The average Bonchev–Trinajstić information content (AvgIpc) is 2.98. The number of carbonyl (C=O) groups is 1. The first-order valence-corrected chi connectivity index (χ1v) is 6.60. The number of methoxy groups -OCH3 is 2. The zero-order valence-electron chi connectivity index (χ0n) is 10.8. The van der Waals surface area contributed by atoms with Gasteiger partial charge in [-0.15, -0.1) is 11.3 Å². The summed E-state index contributed by atoms with van der Waals surface area (Å²) in [6.45, 7) is 0. The monoisotopic (exact) mass is 274 g/mol. The number of hydrogen-bond donors (Lipinski definition) is 0. The van der Waals surface area contributed by atoms with Gasteiger partial charge in [0.25, 0.3) is 0 Å². The molecule has 0 saturated heterocycles. The Labute approximate surface area is 116 Å². The first-order chi connectivity index (χ1) is 9.24. The van der Waals surface area contributed by atoms with Gasteiger partial charge in [0.1, 0.15) is 0 Å². The maximum absolute atomic E-state index is 11.8. The molecule has 1 heterocycles. The molecule has 0 atom stereocenters. The minimum absolute atomic E-state index is 0.00443. The van der Waals surface area contributed by atoms with Crippen LogP contribution in [0.15, 0.2) is 41.8 Å². The van der Waals surface area contributed by atoms with E-state index in [9.17, 15) is 4.79 Å². The minimum Gasteiger partial charge on any atom is -0.493 e. The van der Waals surface area contributed by atoms with E-state index < -0.39 is 0 Å². The minimum atomic E-state index is 0.00443.